The highest BCUT2D eigenvalue weighted by Crippen LogP contribution is 2.42. The van der Waals surface area contributed by atoms with E-state index >= 15 is 0 Å². The first kappa shape index (κ1) is 32.3. The number of carbonyl (C=O) groups is 4. The van der Waals surface area contributed by atoms with Crippen LogP contribution in [-0.2, 0) is 0 Å². The van der Waals surface area contributed by atoms with Crippen LogP contribution in [0.5, 0.6) is 0 Å². The molecule has 2 amide bonds. The van der Waals surface area contributed by atoms with Gasteiger partial charge in [-0.05, 0) is 61.1 Å². The second-order valence-corrected chi connectivity index (χ2v) is 13.4. The minimum atomic E-state index is -0.458. The van der Waals surface area contributed by atoms with Crippen molar-refractivity contribution in [2.24, 2.45) is 11.8 Å². The monoisotopic (exact) mass is 624 g/mol. The molecule has 4 aromatic rings. The van der Waals surface area contributed by atoms with Gasteiger partial charge in [-0.2, -0.15) is 10.5 Å². The number of aldehydes is 2. The fourth-order valence-corrected chi connectivity index (χ4v) is 6.60. The van der Waals surface area contributed by atoms with Gasteiger partial charge < -0.3 is 10.6 Å². The van der Waals surface area contributed by atoms with Gasteiger partial charge in [0.25, 0.3) is 11.8 Å². The van der Waals surface area contributed by atoms with Gasteiger partial charge in [-0.25, -0.2) is 0 Å². The number of carbonyl (C=O) groups excluding carboxylic acids is 4. The summed E-state index contributed by atoms with van der Waals surface area (Å²) >= 11 is 2.33. The fraction of sp³-hybridized carbons (Fsp3) is 0.294. The number of amides is 2. The Morgan fingerprint density at radius 3 is 1.80 bits per heavy atom. The molecule has 0 radical (unpaired) electrons. The lowest BCUT2D eigenvalue weighted by molar-refractivity contribution is 0.0942. The topological polar surface area (TPSA) is 140 Å². The summed E-state index contributed by atoms with van der Waals surface area (Å²) in [6.07, 6.45) is 2.68. The molecule has 8 nitrogen and oxygen atoms in total. The van der Waals surface area contributed by atoms with E-state index in [1.54, 1.807) is 30.3 Å². The Morgan fingerprint density at radius 2 is 1.32 bits per heavy atom. The summed E-state index contributed by atoms with van der Waals surface area (Å²) in [5.41, 5.74) is 1.31. The number of hydrogen-bond acceptors (Lipinski definition) is 8. The first-order valence-electron chi connectivity index (χ1n) is 14.3. The minimum absolute atomic E-state index is 0.122. The van der Waals surface area contributed by atoms with Crippen LogP contribution in [0.2, 0.25) is 0 Å². The lowest BCUT2D eigenvalue weighted by atomic mass is 9.85. The standard InChI is InChI=1S/C34H32N4O4S2/c1-19(2)9-11-37-33(41)26-14-25(29-8-6-23(16-36)44-29)32(34(42)38-12-10-20(3)4)30-21(17-39)13-24(27(18-40)31(26)30)28-7-5-22(15-35)43-28/h5-8,13-14,17-20H,9-12H2,1-4H3,(H,37,41)(H,38,42). The molecule has 10 heteroatoms. The molecule has 0 spiro atoms. The predicted octanol–water partition coefficient (Wildman–Crippen LogP) is 7.22. The average Bonchev–Trinajstić information content (AvgIpc) is 3.69. The molecule has 0 aliphatic heterocycles. The quantitative estimate of drug-likeness (QED) is 0.160. The van der Waals surface area contributed by atoms with Crippen molar-refractivity contribution in [2.45, 2.75) is 40.5 Å². The number of fused-ring (bicyclic) bond motifs is 1. The molecular weight excluding hydrogens is 593 g/mol. The molecule has 0 saturated heterocycles. The molecule has 0 fully saturated rings. The van der Waals surface area contributed by atoms with Gasteiger partial charge in [-0.15, -0.1) is 22.7 Å². The van der Waals surface area contributed by atoms with Crippen molar-refractivity contribution in [3.8, 4) is 33.0 Å². The van der Waals surface area contributed by atoms with Gasteiger partial charge >= 0.3 is 0 Å². The van der Waals surface area contributed by atoms with Gasteiger partial charge in [-0.1, -0.05) is 27.7 Å². The summed E-state index contributed by atoms with van der Waals surface area (Å²) < 4.78 is 0. The van der Waals surface area contributed by atoms with E-state index in [2.05, 4.69) is 22.8 Å². The van der Waals surface area contributed by atoms with Crippen LogP contribution in [0.1, 0.15) is 91.7 Å². The number of benzene rings is 2. The fourth-order valence-electron chi connectivity index (χ4n) is 4.94. The molecule has 44 heavy (non-hydrogen) atoms. The molecular formula is C34H32N4O4S2. The van der Waals surface area contributed by atoms with Crippen molar-refractivity contribution in [1.29, 1.82) is 10.5 Å². The Kier molecular flexibility index (Phi) is 10.4. The van der Waals surface area contributed by atoms with Crippen molar-refractivity contribution >= 4 is 57.8 Å². The summed E-state index contributed by atoms with van der Waals surface area (Å²) in [4.78, 5) is 55.5. The summed E-state index contributed by atoms with van der Waals surface area (Å²) in [5, 5.41) is 25.2. The van der Waals surface area contributed by atoms with E-state index in [1.807, 2.05) is 27.7 Å². The molecule has 0 bridgehead atoms. The van der Waals surface area contributed by atoms with E-state index in [4.69, 9.17) is 0 Å². The van der Waals surface area contributed by atoms with Crippen LogP contribution >= 0.6 is 22.7 Å². The van der Waals surface area contributed by atoms with Crippen LogP contribution in [-0.4, -0.2) is 37.5 Å². The Bertz CT molecular complexity index is 1840. The third-order valence-electron chi connectivity index (χ3n) is 7.17. The molecule has 2 heterocycles. The van der Waals surface area contributed by atoms with E-state index in [0.717, 1.165) is 24.2 Å². The van der Waals surface area contributed by atoms with Crippen molar-refractivity contribution in [3.05, 3.63) is 68.4 Å². The number of nitrogens with zero attached hydrogens (tertiary/aromatic N) is 2. The van der Waals surface area contributed by atoms with Crippen LogP contribution in [0.15, 0.2) is 36.4 Å². The molecule has 2 aromatic heterocycles. The summed E-state index contributed by atoms with van der Waals surface area (Å²) in [5.74, 6) is -0.249. The third-order valence-corrected chi connectivity index (χ3v) is 9.22. The van der Waals surface area contributed by atoms with Gasteiger partial charge in [0.15, 0.2) is 12.6 Å². The Morgan fingerprint density at radius 1 is 0.773 bits per heavy atom. The van der Waals surface area contributed by atoms with Gasteiger partial charge in [0.05, 0.1) is 5.56 Å². The van der Waals surface area contributed by atoms with E-state index < -0.39 is 11.8 Å². The van der Waals surface area contributed by atoms with Crippen molar-refractivity contribution < 1.29 is 19.2 Å². The summed E-state index contributed by atoms with van der Waals surface area (Å²) in [6.45, 7) is 8.93. The molecule has 0 aliphatic carbocycles. The number of rotatable bonds is 12. The van der Waals surface area contributed by atoms with Crippen molar-refractivity contribution in [3.63, 3.8) is 0 Å². The molecule has 0 unspecified atom stereocenters. The van der Waals surface area contributed by atoms with Crippen molar-refractivity contribution in [1.82, 2.24) is 10.6 Å². The molecule has 0 aliphatic rings. The zero-order valence-electron chi connectivity index (χ0n) is 24.9. The molecule has 0 saturated carbocycles. The molecule has 224 valence electrons. The van der Waals surface area contributed by atoms with Gasteiger partial charge in [-0.3, -0.25) is 19.2 Å². The van der Waals surface area contributed by atoms with Crippen LogP contribution in [0.3, 0.4) is 0 Å². The van der Waals surface area contributed by atoms with Gasteiger partial charge in [0, 0.05) is 61.4 Å². The minimum Gasteiger partial charge on any atom is -0.352 e. The maximum atomic E-state index is 14.0. The van der Waals surface area contributed by atoms with Crippen LogP contribution < -0.4 is 10.6 Å². The van der Waals surface area contributed by atoms with E-state index in [1.165, 1.54) is 17.4 Å². The Hall–Kier alpha value is -4.64. The second kappa shape index (κ2) is 14.2. The van der Waals surface area contributed by atoms with E-state index in [9.17, 15) is 29.7 Å². The highest BCUT2D eigenvalue weighted by atomic mass is 32.1. The van der Waals surface area contributed by atoms with Crippen molar-refractivity contribution in [2.75, 3.05) is 13.1 Å². The first-order valence-corrected chi connectivity index (χ1v) is 15.9. The third kappa shape index (κ3) is 6.78. The lowest BCUT2D eigenvalue weighted by Crippen LogP contribution is -2.28. The first-order chi connectivity index (χ1) is 21.1. The molecule has 4 rings (SSSR count). The predicted molar refractivity (Wildman–Crippen MR) is 174 cm³/mol. The van der Waals surface area contributed by atoms with Gasteiger partial charge in [0.2, 0.25) is 0 Å². The zero-order valence-corrected chi connectivity index (χ0v) is 26.6. The molecule has 0 atom stereocenters. The van der Waals surface area contributed by atoms with E-state index in [0.29, 0.717) is 68.1 Å². The van der Waals surface area contributed by atoms with Crippen LogP contribution in [0.4, 0.5) is 0 Å². The summed E-state index contributed by atoms with van der Waals surface area (Å²) in [7, 11) is 0. The molecule has 2 aromatic carbocycles. The second-order valence-electron chi connectivity index (χ2n) is 11.2. The Balaban J connectivity index is 2.13. The number of nitrogens with one attached hydrogen (secondary N) is 2. The highest BCUT2D eigenvalue weighted by Gasteiger charge is 2.28. The zero-order chi connectivity index (χ0) is 32.0. The van der Waals surface area contributed by atoms with E-state index in [-0.39, 0.29) is 33.0 Å². The van der Waals surface area contributed by atoms with Crippen LogP contribution in [0.25, 0.3) is 31.7 Å². The summed E-state index contributed by atoms with van der Waals surface area (Å²) in [6, 6.07) is 14.0. The average molecular weight is 625 g/mol. The number of nitriles is 2. The van der Waals surface area contributed by atoms with Gasteiger partial charge in [0.1, 0.15) is 21.9 Å². The SMILES string of the molecule is CC(C)CCNC(=O)c1cc(-c2ccc(C#N)s2)c(C(=O)NCCC(C)C)c2c(C=O)cc(-c3ccc(C#N)s3)c(C=O)c12. The maximum Gasteiger partial charge on any atom is 0.252 e. The Labute approximate surface area is 264 Å². The number of hydrogen-bond donors (Lipinski definition) is 2. The number of thiophene rings is 2. The normalized spacial score (nSPS) is 10.9. The largest absolute Gasteiger partial charge is 0.352 e. The molecule has 2 N–H and O–H groups in total. The smallest absolute Gasteiger partial charge is 0.252 e. The lowest BCUT2D eigenvalue weighted by Gasteiger charge is -2.20. The van der Waals surface area contributed by atoms with Crippen LogP contribution in [0, 0.1) is 34.5 Å². The highest BCUT2D eigenvalue weighted by molar-refractivity contribution is 7.16. The maximum absolute atomic E-state index is 14.0.